The van der Waals surface area contributed by atoms with Crippen LogP contribution in [0.4, 0.5) is 4.79 Å². The molecule has 110 valence electrons. The van der Waals surface area contributed by atoms with Gasteiger partial charge in [-0.2, -0.15) is 4.98 Å². The quantitative estimate of drug-likeness (QED) is 0.750. The van der Waals surface area contributed by atoms with Crippen LogP contribution in [0.3, 0.4) is 0 Å². The normalized spacial score (nSPS) is 16.1. The maximum absolute atomic E-state index is 11.9. The highest BCUT2D eigenvalue weighted by molar-refractivity contribution is 5.74. The lowest BCUT2D eigenvalue weighted by molar-refractivity contribution is -0.138. The lowest BCUT2D eigenvalue weighted by atomic mass is 10.3. The standard InChI is InChI=1S/C11H17N5O4/c1-8-13-9(20-14-8)6-12-11(19)16-4-2-15(3-5-16)7-10(17)18/h2-7H2,1H3,(H,12,19)(H,17,18). The number of amides is 2. The molecule has 2 amide bonds. The average Bonchev–Trinajstić information content (AvgIpc) is 2.82. The van der Waals surface area contributed by atoms with Crippen molar-refractivity contribution >= 4 is 12.0 Å². The van der Waals surface area contributed by atoms with Crippen molar-refractivity contribution in [2.75, 3.05) is 32.7 Å². The molecule has 2 heterocycles. The van der Waals surface area contributed by atoms with Crippen LogP contribution in [0.5, 0.6) is 0 Å². The molecule has 0 spiro atoms. The fraction of sp³-hybridized carbons (Fsp3) is 0.636. The average molecular weight is 283 g/mol. The van der Waals surface area contributed by atoms with Crippen LogP contribution in [0.2, 0.25) is 0 Å². The number of carboxylic acid groups (broad SMARTS) is 1. The smallest absolute Gasteiger partial charge is 0.317 e. The molecule has 0 radical (unpaired) electrons. The molecule has 1 fully saturated rings. The summed E-state index contributed by atoms with van der Waals surface area (Å²) in [5, 5.41) is 15.0. The maximum atomic E-state index is 11.9. The van der Waals surface area contributed by atoms with Crippen molar-refractivity contribution in [3.8, 4) is 0 Å². The molecule has 0 atom stereocenters. The molecule has 20 heavy (non-hydrogen) atoms. The third kappa shape index (κ3) is 3.92. The summed E-state index contributed by atoms with van der Waals surface area (Å²) in [5.74, 6) is 0.0339. The molecule has 9 heteroatoms. The minimum Gasteiger partial charge on any atom is -0.480 e. The highest BCUT2D eigenvalue weighted by atomic mass is 16.5. The summed E-state index contributed by atoms with van der Waals surface area (Å²) in [6.07, 6.45) is 0. The molecule has 2 rings (SSSR count). The van der Waals surface area contributed by atoms with Crippen LogP contribution in [-0.2, 0) is 11.3 Å². The molecule has 0 saturated carbocycles. The molecule has 0 aromatic carbocycles. The van der Waals surface area contributed by atoms with E-state index < -0.39 is 5.97 Å². The van der Waals surface area contributed by atoms with Gasteiger partial charge in [0.25, 0.3) is 0 Å². The third-order valence-corrected chi connectivity index (χ3v) is 2.98. The summed E-state index contributed by atoms with van der Waals surface area (Å²) >= 11 is 0. The van der Waals surface area contributed by atoms with Crippen molar-refractivity contribution < 1.29 is 19.2 Å². The molecule has 9 nitrogen and oxygen atoms in total. The second-order valence-corrected chi connectivity index (χ2v) is 4.55. The number of carbonyl (C=O) groups is 2. The fourth-order valence-electron chi connectivity index (χ4n) is 1.98. The molecule has 1 aliphatic rings. The van der Waals surface area contributed by atoms with Gasteiger partial charge in [-0.25, -0.2) is 4.79 Å². The predicted molar refractivity (Wildman–Crippen MR) is 66.9 cm³/mol. The number of hydrogen-bond acceptors (Lipinski definition) is 6. The van der Waals surface area contributed by atoms with E-state index in [1.165, 1.54) is 0 Å². The Hall–Kier alpha value is -2.16. The van der Waals surface area contributed by atoms with Crippen LogP contribution < -0.4 is 5.32 Å². The van der Waals surface area contributed by atoms with Gasteiger partial charge in [-0.15, -0.1) is 0 Å². The summed E-state index contributed by atoms with van der Waals surface area (Å²) in [7, 11) is 0. The van der Waals surface area contributed by atoms with E-state index in [9.17, 15) is 9.59 Å². The Morgan fingerprint density at radius 3 is 2.60 bits per heavy atom. The van der Waals surface area contributed by atoms with Crippen molar-refractivity contribution in [3.05, 3.63) is 11.7 Å². The zero-order valence-corrected chi connectivity index (χ0v) is 11.2. The molecule has 1 saturated heterocycles. The summed E-state index contributed by atoms with van der Waals surface area (Å²) < 4.78 is 4.89. The molecular weight excluding hydrogens is 266 g/mol. The van der Waals surface area contributed by atoms with Gasteiger partial charge in [-0.05, 0) is 6.92 Å². The Morgan fingerprint density at radius 1 is 1.35 bits per heavy atom. The number of urea groups is 1. The maximum Gasteiger partial charge on any atom is 0.317 e. The van der Waals surface area contributed by atoms with Crippen LogP contribution in [0.15, 0.2) is 4.52 Å². The molecule has 1 aliphatic heterocycles. The van der Waals surface area contributed by atoms with Gasteiger partial charge in [0.05, 0.1) is 13.1 Å². The van der Waals surface area contributed by atoms with Gasteiger partial charge < -0.3 is 19.8 Å². The second-order valence-electron chi connectivity index (χ2n) is 4.55. The van der Waals surface area contributed by atoms with Crippen molar-refractivity contribution in [3.63, 3.8) is 0 Å². The zero-order chi connectivity index (χ0) is 14.5. The summed E-state index contributed by atoms with van der Waals surface area (Å²) in [6, 6.07) is -0.212. The Kier molecular flexibility index (Phi) is 4.51. The van der Waals surface area contributed by atoms with E-state index in [0.717, 1.165) is 0 Å². The van der Waals surface area contributed by atoms with E-state index in [1.807, 2.05) is 0 Å². The van der Waals surface area contributed by atoms with Crippen molar-refractivity contribution in [2.24, 2.45) is 0 Å². The molecule has 0 aliphatic carbocycles. The van der Waals surface area contributed by atoms with Gasteiger partial charge in [0.15, 0.2) is 5.82 Å². The first-order valence-corrected chi connectivity index (χ1v) is 6.30. The molecule has 0 bridgehead atoms. The van der Waals surface area contributed by atoms with Crippen LogP contribution in [-0.4, -0.2) is 69.8 Å². The first-order valence-electron chi connectivity index (χ1n) is 6.30. The van der Waals surface area contributed by atoms with Gasteiger partial charge in [-0.3, -0.25) is 9.69 Å². The summed E-state index contributed by atoms with van der Waals surface area (Å²) in [4.78, 5) is 29.9. The second kappa shape index (κ2) is 6.33. The Morgan fingerprint density at radius 2 is 2.05 bits per heavy atom. The van der Waals surface area contributed by atoms with E-state index in [-0.39, 0.29) is 19.1 Å². The van der Waals surface area contributed by atoms with E-state index >= 15 is 0 Å². The van der Waals surface area contributed by atoms with Crippen molar-refractivity contribution in [1.82, 2.24) is 25.3 Å². The monoisotopic (exact) mass is 283 g/mol. The van der Waals surface area contributed by atoms with Gasteiger partial charge >= 0.3 is 12.0 Å². The SMILES string of the molecule is Cc1noc(CNC(=O)N2CCN(CC(=O)O)CC2)n1. The Bertz CT molecular complexity index is 481. The van der Waals surface area contributed by atoms with E-state index in [4.69, 9.17) is 9.63 Å². The molecule has 1 aromatic heterocycles. The van der Waals surface area contributed by atoms with Gasteiger partial charge in [0.1, 0.15) is 0 Å². The van der Waals surface area contributed by atoms with Gasteiger partial charge in [0, 0.05) is 26.2 Å². The minimum absolute atomic E-state index is 0.0106. The molecular formula is C11H17N5O4. The Balaban J connectivity index is 1.73. The third-order valence-electron chi connectivity index (χ3n) is 2.98. The molecule has 1 aromatic rings. The number of aryl methyl sites for hydroxylation is 1. The lowest BCUT2D eigenvalue weighted by Gasteiger charge is -2.33. The van der Waals surface area contributed by atoms with Crippen LogP contribution in [0, 0.1) is 6.92 Å². The number of piperazine rings is 1. The van der Waals surface area contributed by atoms with E-state index in [2.05, 4.69) is 15.5 Å². The number of hydrogen-bond donors (Lipinski definition) is 2. The largest absolute Gasteiger partial charge is 0.480 e. The van der Waals surface area contributed by atoms with E-state index in [0.29, 0.717) is 37.9 Å². The van der Waals surface area contributed by atoms with Crippen molar-refractivity contribution in [2.45, 2.75) is 13.5 Å². The Labute approximate surface area is 115 Å². The number of nitrogens with zero attached hydrogens (tertiary/aromatic N) is 4. The molecule has 0 unspecified atom stereocenters. The lowest BCUT2D eigenvalue weighted by Crippen LogP contribution is -2.52. The molecule has 2 N–H and O–H groups in total. The predicted octanol–water partition coefficient (Wildman–Crippen LogP) is -0.710. The number of nitrogens with one attached hydrogen (secondary N) is 1. The number of rotatable bonds is 4. The van der Waals surface area contributed by atoms with Gasteiger partial charge in [-0.1, -0.05) is 5.16 Å². The summed E-state index contributed by atoms with van der Waals surface area (Å²) in [5.41, 5.74) is 0. The van der Waals surface area contributed by atoms with Crippen LogP contribution in [0.25, 0.3) is 0 Å². The van der Waals surface area contributed by atoms with Crippen LogP contribution in [0.1, 0.15) is 11.7 Å². The number of aromatic nitrogens is 2. The number of aliphatic carboxylic acids is 1. The number of carboxylic acids is 1. The number of carbonyl (C=O) groups excluding carboxylic acids is 1. The van der Waals surface area contributed by atoms with E-state index in [1.54, 1.807) is 16.7 Å². The first-order chi connectivity index (χ1) is 9.54. The highest BCUT2D eigenvalue weighted by Crippen LogP contribution is 2.02. The first kappa shape index (κ1) is 14.3. The minimum atomic E-state index is -0.852. The summed E-state index contributed by atoms with van der Waals surface area (Å²) in [6.45, 7) is 4.02. The topological polar surface area (TPSA) is 112 Å². The van der Waals surface area contributed by atoms with Crippen molar-refractivity contribution in [1.29, 1.82) is 0 Å². The fourth-order valence-corrected chi connectivity index (χ4v) is 1.98. The van der Waals surface area contributed by atoms with Gasteiger partial charge in [0.2, 0.25) is 5.89 Å². The zero-order valence-electron chi connectivity index (χ0n) is 11.2. The highest BCUT2D eigenvalue weighted by Gasteiger charge is 2.22. The van der Waals surface area contributed by atoms with Crippen LogP contribution >= 0.6 is 0 Å².